The fourth-order valence-corrected chi connectivity index (χ4v) is 3.15. The minimum Gasteiger partial charge on any atom is -0.497 e. The predicted molar refractivity (Wildman–Crippen MR) is 107 cm³/mol. The van der Waals surface area contributed by atoms with Gasteiger partial charge in [-0.2, -0.15) is 0 Å². The van der Waals surface area contributed by atoms with E-state index in [4.69, 9.17) is 4.74 Å². The molecule has 26 heavy (non-hydrogen) atoms. The molecule has 0 aliphatic heterocycles. The molecule has 0 radical (unpaired) electrons. The van der Waals surface area contributed by atoms with Gasteiger partial charge in [0.05, 0.1) is 7.11 Å². The molecule has 2 atom stereocenters. The Balaban J connectivity index is 1.79. The molecule has 0 heterocycles. The summed E-state index contributed by atoms with van der Waals surface area (Å²) < 4.78 is 5.29. The normalized spacial score (nSPS) is 12.8. The van der Waals surface area contributed by atoms with Crippen molar-refractivity contribution in [3.05, 3.63) is 78.4 Å². The maximum Gasteiger partial charge on any atom is 0.220 e. The number of rotatable bonds is 10. The number of amides is 1. The number of carbonyl (C=O) groups is 1. The highest BCUT2D eigenvalue weighted by Gasteiger charge is 2.15. The third kappa shape index (κ3) is 6.75. The second-order valence-corrected chi connectivity index (χ2v) is 6.86. The second-order valence-electron chi connectivity index (χ2n) is 6.86. The molecule has 0 unspecified atom stereocenters. The van der Waals surface area contributed by atoms with Crippen LogP contribution in [-0.2, 0) is 17.8 Å². The van der Waals surface area contributed by atoms with E-state index in [-0.39, 0.29) is 5.91 Å². The zero-order valence-corrected chi connectivity index (χ0v) is 15.8. The summed E-state index contributed by atoms with van der Waals surface area (Å²) in [6.07, 6.45) is 4.39. The molecule has 2 aromatic rings. The molecule has 3 heteroatoms. The molecular formula is C23H29NO2. The van der Waals surface area contributed by atoms with Crippen molar-refractivity contribution in [2.45, 2.75) is 32.7 Å². The van der Waals surface area contributed by atoms with Crippen molar-refractivity contribution >= 4 is 5.91 Å². The Kier molecular flexibility index (Phi) is 7.94. The molecule has 0 saturated carbocycles. The summed E-state index contributed by atoms with van der Waals surface area (Å²) in [5.41, 5.74) is 2.35. The van der Waals surface area contributed by atoms with Crippen LogP contribution in [0.2, 0.25) is 0 Å². The lowest BCUT2D eigenvalue weighted by Crippen LogP contribution is -2.25. The fraction of sp³-hybridized carbons (Fsp3) is 0.348. The van der Waals surface area contributed by atoms with Crippen molar-refractivity contribution in [3.8, 4) is 5.75 Å². The Morgan fingerprint density at radius 3 is 2.58 bits per heavy atom. The van der Waals surface area contributed by atoms with Gasteiger partial charge in [-0.3, -0.25) is 4.79 Å². The molecule has 2 rings (SSSR count). The number of ether oxygens (including phenoxy) is 1. The monoisotopic (exact) mass is 351 g/mol. The molecule has 138 valence electrons. The maximum absolute atomic E-state index is 12.2. The first-order chi connectivity index (χ1) is 12.6. The summed E-state index contributed by atoms with van der Waals surface area (Å²) in [5, 5.41) is 3.00. The number of benzene rings is 2. The molecule has 0 fully saturated rings. The highest BCUT2D eigenvalue weighted by molar-refractivity contribution is 5.76. The summed E-state index contributed by atoms with van der Waals surface area (Å²) in [4.78, 5) is 12.2. The van der Waals surface area contributed by atoms with Crippen LogP contribution in [0.4, 0.5) is 0 Å². The average Bonchev–Trinajstić information content (AvgIpc) is 2.66. The maximum atomic E-state index is 12.2. The predicted octanol–water partition coefficient (Wildman–Crippen LogP) is 4.77. The van der Waals surface area contributed by atoms with Gasteiger partial charge < -0.3 is 10.1 Å². The number of hydrogen-bond acceptors (Lipinski definition) is 2. The Morgan fingerprint density at radius 2 is 1.88 bits per heavy atom. The fourth-order valence-electron chi connectivity index (χ4n) is 3.15. The van der Waals surface area contributed by atoms with E-state index in [0.29, 0.717) is 24.8 Å². The van der Waals surface area contributed by atoms with Gasteiger partial charge in [-0.25, -0.2) is 0 Å². The first-order valence-electron chi connectivity index (χ1n) is 9.16. The largest absolute Gasteiger partial charge is 0.497 e. The van der Waals surface area contributed by atoms with Crippen molar-refractivity contribution in [2.24, 2.45) is 11.8 Å². The van der Waals surface area contributed by atoms with Gasteiger partial charge in [0.2, 0.25) is 5.91 Å². The first kappa shape index (κ1) is 19.8. The molecule has 0 aromatic heterocycles. The number of allylic oxidation sites excluding steroid dienone is 1. The van der Waals surface area contributed by atoms with Crippen LogP contribution >= 0.6 is 0 Å². The van der Waals surface area contributed by atoms with Crippen LogP contribution in [0.25, 0.3) is 0 Å². The van der Waals surface area contributed by atoms with Crippen LogP contribution < -0.4 is 10.1 Å². The Labute approximate surface area is 157 Å². The Bertz CT molecular complexity index is 696. The minimum absolute atomic E-state index is 0.102. The molecule has 1 amide bonds. The highest BCUT2D eigenvalue weighted by Crippen LogP contribution is 2.22. The lowest BCUT2D eigenvalue weighted by molar-refractivity contribution is -0.122. The molecule has 0 spiro atoms. The van der Waals surface area contributed by atoms with E-state index >= 15 is 0 Å². The third-order valence-electron chi connectivity index (χ3n) is 4.54. The van der Waals surface area contributed by atoms with Crippen LogP contribution in [-0.4, -0.2) is 13.0 Å². The smallest absolute Gasteiger partial charge is 0.220 e. The molecule has 3 nitrogen and oxygen atoms in total. The van der Waals surface area contributed by atoms with E-state index in [0.717, 1.165) is 24.2 Å². The lowest BCUT2D eigenvalue weighted by atomic mass is 9.88. The molecule has 2 aromatic carbocycles. The van der Waals surface area contributed by atoms with E-state index in [1.807, 2.05) is 48.5 Å². The molecule has 0 bridgehead atoms. The van der Waals surface area contributed by atoms with Crippen molar-refractivity contribution in [3.63, 3.8) is 0 Å². The molecular weight excluding hydrogens is 322 g/mol. The van der Waals surface area contributed by atoms with Gasteiger partial charge in [-0.1, -0.05) is 55.5 Å². The Hall–Kier alpha value is -2.55. The van der Waals surface area contributed by atoms with Gasteiger partial charge in [0.25, 0.3) is 0 Å². The number of hydrogen-bond donors (Lipinski definition) is 1. The van der Waals surface area contributed by atoms with Crippen LogP contribution in [0, 0.1) is 11.8 Å². The third-order valence-corrected chi connectivity index (χ3v) is 4.54. The van der Waals surface area contributed by atoms with Gasteiger partial charge in [-0.15, -0.1) is 6.58 Å². The summed E-state index contributed by atoms with van der Waals surface area (Å²) >= 11 is 0. The molecule has 0 saturated heterocycles. The van der Waals surface area contributed by atoms with Gasteiger partial charge in [0, 0.05) is 13.0 Å². The number of nitrogens with one attached hydrogen (secondary N) is 1. The van der Waals surface area contributed by atoms with E-state index in [1.165, 1.54) is 5.56 Å². The van der Waals surface area contributed by atoms with Crippen molar-refractivity contribution < 1.29 is 9.53 Å². The van der Waals surface area contributed by atoms with Gasteiger partial charge in [0.15, 0.2) is 0 Å². The van der Waals surface area contributed by atoms with Crippen LogP contribution in [0.15, 0.2) is 67.3 Å². The van der Waals surface area contributed by atoms with E-state index in [1.54, 1.807) is 7.11 Å². The lowest BCUT2D eigenvalue weighted by Gasteiger charge is -2.18. The molecule has 0 aliphatic carbocycles. The standard InChI is InChI=1S/C23H29NO2/c1-4-19(15-21-11-8-12-22(16-21)26-3)13-18(2)14-23(25)24-17-20-9-6-5-7-10-20/h4-12,16,18-19H,1,13-15,17H2,2-3H3,(H,24,25)/t18-,19-/m1/s1. The minimum atomic E-state index is 0.102. The van der Waals surface area contributed by atoms with Crippen LogP contribution in [0.1, 0.15) is 30.9 Å². The zero-order chi connectivity index (χ0) is 18.8. The van der Waals surface area contributed by atoms with Crippen molar-refractivity contribution in [1.29, 1.82) is 0 Å². The van der Waals surface area contributed by atoms with Crippen molar-refractivity contribution in [1.82, 2.24) is 5.32 Å². The van der Waals surface area contributed by atoms with Crippen molar-refractivity contribution in [2.75, 3.05) is 7.11 Å². The average molecular weight is 351 g/mol. The summed E-state index contributed by atoms with van der Waals surface area (Å²) in [6.45, 7) is 6.69. The summed E-state index contributed by atoms with van der Waals surface area (Å²) in [5.74, 6) is 1.63. The first-order valence-corrected chi connectivity index (χ1v) is 9.16. The summed E-state index contributed by atoms with van der Waals surface area (Å²) in [7, 11) is 1.68. The van der Waals surface area contributed by atoms with Crippen LogP contribution in [0.3, 0.4) is 0 Å². The topological polar surface area (TPSA) is 38.3 Å². The van der Waals surface area contributed by atoms with E-state index < -0.39 is 0 Å². The number of carbonyl (C=O) groups excluding carboxylic acids is 1. The molecule has 0 aliphatic rings. The highest BCUT2D eigenvalue weighted by atomic mass is 16.5. The second kappa shape index (κ2) is 10.4. The SMILES string of the molecule is C=C[C@@H](Cc1cccc(OC)c1)C[C@@H](C)CC(=O)NCc1ccccc1. The van der Waals surface area contributed by atoms with Crippen LogP contribution in [0.5, 0.6) is 5.75 Å². The quantitative estimate of drug-likeness (QED) is 0.626. The zero-order valence-electron chi connectivity index (χ0n) is 15.8. The van der Waals surface area contributed by atoms with Gasteiger partial charge >= 0.3 is 0 Å². The van der Waals surface area contributed by atoms with E-state index in [2.05, 4.69) is 31.0 Å². The number of methoxy groups -OCH3 is 1. The van der Waals surface area contributed by atoms with E-state index in [9.17, 15) is 4.79 Å². The summed E-state index contributed by atoms with van der Waals surface area (Å²) in [6, 6.07) is 18.1. The van der Waals surface area contributed by atoms with Gasteiger partial charge in [0.1, 0.15) is 5.75 Å². The van der Waals surface area contributed by atoms with Gasteiger partial charge in [-0.05, 0) is 47.9 Å². The molecule has 1 N–H and O–H groups in total. The Morgan fingerprint density at radius 1 is 1.15 bits per heavy atom.